The number of fused-ring (bicyclic) bond motifs is 1. The summed E-state index contributed by atoms with van der Waals surface area (Å²) in [6.07, 6.45) is 1.33. The molecule has 1 unspecified atom stereocenters. The molecule has 242 valence electrons. The summed E-state index contributed by atoms with van der Waals surface area (Å²) in [4.78, 5) is 53.9. The number of carboxylic acids is 1. The first kappa shape index (κ1) is 32.7. The van der Waals surface area contributed by atoms with Crippen molar-refractivity contribution in [2.45, 2.75) is 101 Å². The average Bonchev–Trinajstić information content (AvgIpc) is 3.75. The number of hydrogen-bond donors (Lipinski definition) is 3. The van der Waals surface area contributed by atoms with Crippen molar-refractivity contribution in [3.05, 3.63) is 28.7 Å². The van der Waals surface area contributed by atoms with Gasteiger partial charge >= 0.3 is 12.1 Å². The third-order valence-electron chi connectivity index (χ3n) is 9.39. The minimum atomic E-state index is -4.26. The molecule has 0 bridgehead atoms. The number of rotatable bonds is 10. The molecule has 0 radical (unpaired) electrons. The maximum atomic E-state index is 14.1. The van der Waals surface area contributed by atoms with E-state index in [1.54, 1.807) is 32.9 Å². The number of ether oxygens (including phenoxy) is 1. The van der Waals surface area contributed by atoms with Gasteiger partial charge in [0.1, 0.15) is 23.7 Å². The molecular weight excluding hydrogens is 658 g/mol. The Morgan fingerprint density at radius 1 is 1.07 bits per heavy atom. The number of carbonyl (C=O) groups excluding carboxylic acids is 3. The van der Waals surface area contributed by atoms with Gasteiger partial charge in [-0.05, 0) is 73.1 Å². The molecule has 3 amide bonds. The van der Waals surface area contributed by atoms with E-state index in [4.69, 9.17) is 8.92 Å². The van der Waals surface area contributed by atoms with Crippen molar-refractivity contribution in [3.8, 4) is 0 Å². The highest BCUT2D eigenvalue weighted by Gasteiger charge is 2.61. The van der Waals surface area contributed by atoms with E-state index in [2.05, 4.69) is 26.6 Å². The van der Waals surface area contributed by atoms with Crippen LogP contribution in [0.3, 0.4) is 0 Å². The number of nitrogens with one attached hydrogen (secondary N) is 2. The van der Waals surface area contributed by atoms with Crippen molar-refractivity contribution in [1.82, 2.24) is 15.5 Å². The van der Waals surface area contributed by atoms with Crippen molar-refractivity contribution in [1.29, 1.82) is 0 Å². The number of carboxylic acid groups (broad SMARTS) is 1. The van der Waals surface area contributed by atoms with Crippen LogP contribution in [0.25, 0.3) is 0 Å². The van der Waals surface area contributed by atoms with Gasteiger partial charge in [0, 0.05) is 17.4 Å². The summed E-state index contributed by atoms with van der Waals surface area (Å²) >= 11 is 3.27. The predicted molar refractivity (Wildman–Crippen MR) is 161 cm³/mol. The van der Waals surface area contributed by atoms with E-state index in [0.29, 0.717) is 22.7 Å². The van der Waals surface area contributed by atoms with Gasteiger partial charge in [-0.2, -0.15) is 8.42 Å². The fourth-order valence-corrected chi connectivity index (χ4v) is 8.01. The summed E-state index contributed by atoms with van der Waals surface area (Å²) in [5.74, 6) is -1.58. The Morgan fingerprint density at radius 2 is 1.70 bits per heavy atom. The van der Waals surface area contributed by atoms with E-state index >= 15 is 0 Å². The van der Waals surface area contributed by atoms with Gasteiger partial charge in [-0.15, -0.1) is 0 Å². The van der Waals surface area contributed by atoms with Crippen molar-refractivity contribution in [3.63, 3.8) is 0 Å². The van der Waals surface area contributed by atoms with Gasteiger partial charge in [-0.25, -0.2) is 9.59 Å². The second-order valence-electron chi connectivity index (χ2n) is 13.6. The van der Waals surface area contributed by atoms with Crippen LogP contribution in [0, 0.1) is 23.2 Å². The normalized spacial score (nSPS) is 31.5. The summed E-state index contributed by atoms with van der Waals surface area (Å²) in [6, 6.07) is 3.49. The quantitative estimate of drug-likeness (QED) is 0.310. The molecule has 14 heteroatoms. The Balaban J connectivity index is 1.36. The third kappa shape index (κ3) is 6.76. The summed E-state index contributed by atoms with van der Waals surface area (Å²) < 4.78 is 38.0. The van der Waals surface area contributed by atoms with Crippen LogP contribution in [0.1, 0.15) is 66.2 Å². The van der Waals surface area contributed by atoms with Gasteiger partial charge in [0.25, 0.3) is 10.1 Å². The molecule has 4 fully saturated rings. The zero-order chi connectivity index (χ0) is 32.2. The van der Waals surface area contributed by atoms with Crippen LogP contribution in [-0.2, 0) is 33.4 Å². The number of nitrogens with zero attached hydrogens (tertiary/aromatic N) is 1. The number of hydrogen-bond acceptors (Lipinski definition) is 8. The SMILES string of the molecule is CC[C@@H]1C[C@]1(NC(=O)[C@@H]1C[C@H](OS(=O)(=O)c2ccc(Br)cc2)CN1C(=O)[C@@H](NC(=O)OC1C[C@@H]2C[C@@H]2C1)C(C)(C)C)C(=O)O. The zero-order valence-electron chi connectivity index (χ0n) is 25.2. The first-order valence-corrected chi connectivity index (χ1v) is 17.3. The molecule has 0 spiro atoms. The molecule has 3 saturated carbocycles. The summed E-state index contributed by atoms with van der Waals surface area (Å²) in [5, 5.41) is 15.2. The van der Waals surface area contributed by atoms with Crippen molar-refractivity contribution < 1.29 is 41.6 Å². The van der Waals surface area contributed by atoms with E-state index in [9.17, 15) is 32.7 Å². The minimum Gasteiger partial charge on any atom is -0.479 e. The van der Waals surface area contributed by atoms with Crippen LogP contribution >= 0.6 is 15.9 Å². The standard InChI is InChI=1S/C30H40BrN3O9S/c1-5-18-14-30(18,27(37)38)33-25(35)23-13-21(43-44(40,41)22-8-6-19(31)7-9-22)15-34(23)26(36)24(29(2,3)4)32-28(39)42-20-11-16-10-17(16)12-20/h6-9,16-18,20-21,23-24H,5,10-15H2,1-4H3,(H,32,39)(H,33,35)(H,37,38)/t16-,17+,18-,20?,21+,23+,24-,30-/m1/s1. The van der Waals surface area contributed by atoms with Gasteiger partial charge in [0.2, 0.25) is 11.8 Å². The maximum Gasteiger partial charge on any atom is 0.408 e. The lowest BCUT2D eigenvalue weighted by molar-refractivity contribution is -0.146. The van der Waals surface area contributed by atoms with Gasteiger partial charge in [-0.3, -0.25) is 13.8 Å². The molecule has 1 aliphatic heterocycles. The minimum absolute atomic E-state index is 0.0957. The molecule has 44 heavy (non-hydrogen) atoms. The van der Waals surface area contributed by atoms with E-state index in [1.165, 1.54) is 17.0 Å². The molecule has 4 aliphatic rings. The lowest BCUT2D eigenvalue weighted by Crippen LogP contribution is -2.59. The topological polar surface area (TPSA) is 168 Å². The zero-order valence-corrected chi connectivity index (χ0v) is 27.6. The Morgan fingerprint density at radius 3 is 2.25 bits per heavy atom. The van der Waals surface area contributed by atoms with E-state index in [-0.39, 0.29) is 36.3 Å². The molecule has 8 atom stereocenters. The number of aliphatic carboxylic acids is 1. The molecule has 1 aromatic rings. The van der Waals surface area contributed by atoms with E-state index in [0.717, 1.165) is 19.3 Å². The lowest BCUT2D eigenvalue weighted by atomic mass is 9.85. The van der Waals surface area contributed by atoms with Crippen LogP contribution in [-0.4, -0.2) is 78.7 Å². The lowest BCUT2D eigenvalue weighted by Gasteiger charge is -2.35. The Kier molecular flexibility index (Phi) is 8.84. The highest BCUT2D eigenvalue weighted by molar-refractivity contribution is 9.10. The van der Waals surface area contributed by atoms with Crippen LogP contribution < -0.4 is 10.6 Å². The Bertz CT molecular complexity index is 1420. The van der Waals surface area contributed by atoms with Gasteiger partial charge in [0.15, 0.2) is 0 Å². The highest BCUT2D eigenvalue weighted by atomic mass is 79.9. The fourth-order valence-electron chi connectivity index (χ4n) is 6.66. The number of carbonyl (C=O) groups is 4. The Labute approximate surface area is 265 Å². The monoisotopic (exact) mass is 697 g/mol. The summed E-state index contributed by atoms with van der Waals surface area (Å²) in [5.41, 5.74) is -2.26. The van der Waals surface area contributed by atoms with Crippen LogP contribution in [0.4, 0.5) is 4.79 Å². The largest absolute Gasteiger partial charge is 0.479 e. The van der Waals surface area contributed by atoms with Gasteiger partial charge in [-0.1, -0.05) is 50.0 Å². The average molecular weight is 699 g/mol. The van der Waals surface area contributed by atoms with Crippen LogP contribution in [0.2, 0.25) is 0 Å². The van der Waals surface area contributed by atoms with E-state index in [1.807, 2.05) is 6.92 Å². The van der Waals surface area contributed by atoms with E-state index < -0.39 is 63.1 Å². The van der Waals surface area contributed by atoms with Crippen molar-refractivity contribution >= 4 is 49.9 Å². The van der Waals surface area contributed by atoms with Crippen molar-refractivity contribution in [2.75, 3.05) is 6.54 Å². The molecule has 1 aromatic carbocycles. The van der Waals surface area contributed by atoms with Crippen LogP contribution in [0.5, 0.6) is 0 Å². The highest BCUT2D eigenvalue weighted by Crippen LogP contribution is 2.52. The van der Waals surface area contributed by atoms with Gasteiger partial charge < -0.3 is 25.4 Å². The molecule has 5 rings (SSSR count). The number of benzene rings is 1. The number of halogens is 1. The predicted octanol–water partition coefficient (Wildman–Crippen LogP) is 3.43. The molecule has 0 aromatic heterocycles. The first-order chi connectivity index (χ1) is 20.5. The van der Waals surface area contributed by atoms with Crippen molar-refractivity contribution in [2.24, 2.45) is 23.2 Å². The number of amides is 3. The fraction of sp³-hybridized carbons (Fsp3) is 0.667. The third-order valence-corrected chi connectivity index (χ3v) is 11.3. The molecule has 1 heterocycles. The van der Waals surface area contributed by atoms with Gasteiger partial charge in [0.05, 0.1) is 11.0 Å². The second kappa shape index (κ2) is 11.9. The summed E-state index contributed by atoms with van der Waals surface area (Å²) in [7, 11) is -4.26. The molecular formula is C30H40BrN3O9S. The molecule has 1 saturated heterocycles. The maximum absolute atomic E-state index is 14.1. The smallest absolute Gasteiger partial charge is 0.408 e. The molecule has 3 N–H and O–H groups in total. The molecule has 3 aliphatic carbocycles. The number of alkyl carbamates (subject to hydrolysis) is 1. The summed E-state index contributed by atoms with van der Waals surface area (Å²) in [6.45, 7) is 6.84. The number of likely N-dealkylation sites (tertiary alicyclic amines) is 1. The first-order valence-electron chi connectivity index (χ1n) is 15.1. The second-order valence-corrected chi connectivity index (χ2v) is 16.1. The molecule has 12 nitrogen and oxygen atoms in total. The van der Waals surface area contributed by atoms with Crippen LogP contribution in [0.15, 0.2) is 33.6 Å². The Hall–Kier alpha value is -2.71.